The summed E-state index contributed by atoms with van der Waals surface area (Å²) >= 11 is 0. The molecule has 2 saturated heterocycles. The number of ether oxygens (including phenoxy) is 3. The molecule has 35 heavy (non-hydrogen) atoms. The molecule has 3 aromatic carbocycles. The number of carbonyl (C=O) groups is 2. The van der Waals surface area contributed by atoms with Crippen molar-refractivity contribution < 1.29 is 33.0 Å². The van der Waals surface area contributed by atoms with Crippen LogP contribution in [0.25, 0.3) is 0 Å². The molecule has 2 aliphatic heterocycles. The molecule has 2 fully saturated rings. The lowest BCUT2D eigenvalue weighted by molar-refractivity contribution is -0.126. The highest BCUT2D eigenvalue weighted by atomic mass is 19.1. The fraction of sp³-hybridized carbons (Fsp3) is 0.231. The van der Waals surface area contributed by atoms with E-state index in [1.54, 1.807) is 17.2 Å². The molecule has 2 amide bonds. The van der Waals surface area contributed by atoms with Gasteiger partial charge in [0.2, 0.25) is 11.7 Å². The number of methoxy groups -OCH3 is 3. The van der Waals surface area contributed by atoms with Crippen LogP contribution in [0, 0.1) is 11.7 Å². The van der Waals surface area contributed by atoms with Crippen LogP contribution >= 0.6 is 0 Å². The van der Waals surface area contributed by atoms with Crippen LogP contribution in [0.15, 0.2) is 66.7 Å². The average molecular weight is 478 g/mol. The number of nitrogens with zero attached hydrogens (tertiary/aromatic N) is 2. The van der Waals surface area contributed by atoms with Crippen molar-refractivity contribution in [3.8, 4) is 17.2 Å². The van der Waals surface area contributed by atoms with Crippen LogP contribution < -0.4 is 24.2 Å². The Morgan fingerprint density at radius 3 is 2.09 bits per heavy atom. The summed E-state index contributed by atoms with van der Waals surface area (Å²) in [6.45, 7) is 0. The van der Waals surface area contributed by atoms with Crippen LogP contribution in [0.2, 0.25) is 0 Å². The number of anilines is 2. The van der Waals surface area contributed by atoms with Crippen molar-refractivity contribution in [3.05, 3.63) is 78.1 Å². The normalized spacial score (nSPS) is 21.3. The second-order valence-corrected chi connectivity index (χ2v) is 8.07. The van der Waals surface area contributed by atoms with E-state index in [-0.39, 0.29) is 5.69 Å². The number of rotatable bonds is 6. The maximum Gasteiger partial charge on any atom is 0.266 e. The van der Waals surface area contributed by atoms with E-state index in [1.807, 2.05) is 30.3 Å². The lowest BCUT2D eigenvalue weighted by Gasteiger charge is -2.30. The van der Waals surface area contributed by atoms with E-state index in [0.717, 1.165) is 4.90 Å². The second kappa shape index (κ2) is 8.92. The molecule has 0 unspecified atom stereocenters. The SMILES string of the molecule is COc1ccc([C@@H]2[C@H]3C(=O)N(c4ccc(F)cc4)C(=O)[C@@H]3ON2c2ccccc2)c(OC)c1OC. The van der Waals surface area contributed by atoms with Gasteiger partial charge in [-0.1, -0.05) is 18.2 Å². The van der Waals surface area contributed by atoms with E-state index >= 15 is 0 Å². The van der Waals surface area contributed by atoms with Crippen molar-refractivity contribution in [1.82, 2.24) is 0 Å². The van der Waals surface area contributed by atoms with Crippen molar-refractivity contribution in [1.29, 1.82) is 0 Å². The number of para-hydroxylation sites is 1. The number of hydroxylamine groups is 1. The molecule has 3 atom stereocenters. The maximum atomic E-state index is 13.7. The number of hydrogen-bond donors (Lipinski definition) is 0. The first-order valence-corrected chi connectivity index (χ1v) is 10.9. The van der Waals surface area contributed by atoms with E-state index in [4.69, 9.17) is 19.0 Å². The summed E-state index contributed by atoms with van der Waals surface area (Å²) in [5.74, 6) is -1.15. The van der Waals surface area contributed by atoms with Gasteiger partial charge >= 0.3 is 0 Å². The zero-order valence-corrected chi connectivity index (χ0v) is 19.3. The average Bonchev–Trinajstić information content (AvgIpc) is 3.39. The first-order valence-electron chi connectivity index (χ1n) is 10.9. The summed E-state index contributed by atoms with van der Waals surface area (Å²) in [6.07, 6.45) is -1.07. The third-order valence-corrected chi connectivity index (χ3v) is 6.26. The first kappa shape index (κ1) is 22.7. The van der Waals surface area contributed by atoms with Gasteiger partial charge in [0.1, 0.15) is 17.8 Å². The molecule has 0 bridgehead atoms. The van der Waals surface area contributed by atoms with Gasteiger partial charge in [-0.3, -0.25) is 14.4 Å². The lowest BCUT2D eigenvalue weighted by Crippen LogP contribution is -2.37. The monoisotopic (exact) mass is 478 g/mol. The molecule has 0 aliphatic carbocycles. The number of fused-ring (bicyclic) bond motifs is 1. The smallest absolute Gasteiger partial charge is 0.266 e. The third kappa shape index (κ3) is 3.55. The Morgan fingerprint density at radius 1 is 0.771 bits per heavy atom. The Morgan fingerprint density at radius 2 is 1.46 bits per heavy atom. The molecule has 0 saturated carbocycles. The highest BCUT2D eigenvalue weighted by Gasteiger charge is 2.61. The van der Waals surface area contributed by atoms with Crippen LogP contribution in [0.3, 0.4) is 0 Å². The van der Waals surface area contributed by atoms with Crippen LogP contribution in [-0.2, 0) is 14.4 Å². The molecule has 0 spiro atoms. The molecule has 0 radical (unpaired) electrons. The van der Waals surface area contributed by atoms with E-state index in [9.17, 15) is 14.0 Å². The van der Waals surface area contributed by atoms with Gasteiger partial charge in [0.25, 0.3) is 5.91 Å². The second-order valence-electron chi connectivity index (χ2n) is 8.07. The molecule has 0 aromatic heterocycles. The van der Waals surface area contributed by atoms with Gasteiger partial charge in [-0.2, -0.15) is 0 Å². The van der Waals surface area contributed by atoms with Gasteiger partial charge < -0.3 is 14.2 Å². The summed E-state index contributed by atoms with van der Waals surface area (Å²) in [6, 6.07) is 17.2. The van der Waals surface area contributed by atoms with E-state index < -0.39 is 35.7 Å². The maximum absolute atomic E-state index is 13.7. The fourth-order valence-electron chi connectivity index (χ4n) is 4.73. The highest BCUT2D eigenvalue weighted by molar-refractivity contribution is 6.24. The zero-order valence-electron chi connectivity index (χ0n) is 19.3. The highest BCUT2D eigenvalue weighted by Crippen LogP contribution is 2.52. The van der Waals surface area contributed by atoms with Gasteiger partial charge in [0.15, 0.2) is 17.6 Å². The Kier molecular flexibility index (Phi) is 5.78. The summed E-state index contributed by atoms with van der Waals surface area (Å²) in [5.41, 5.74) is 1.53. The minimum Gasteiger partial charge on any atom is -0.493 e. The topological polar surface area (TPSA) is 77.5 Å². The lowest BCUT2D eigenvalue weighted by atomic mass is 9.89. The number of carbonyl (C=O) groups excluding carboxylic acids is 2. The standard InChI is InChI=1S/C26H23FN2O6/c1-32-19-14-13-18(22(33-2)23(19)34-3)21-20-24(35-29(21)17-7-5-4-6-8-17)26(31)28(25(20)30)16-11-9-15(27)10-12-16/h4-14,20-21,24H,1-3H3/t20-,21-,24-/m1/s1. The van der Waals surface area contributed by atoms with Crippen molar-refractivity contribution in [2.45, 2.75) is 12.1 Å². The molecule has 2 aliphatic rings. The van der Waals surface area contributed by atoms with Crippen molar-refractivity contribution in [2.75, 3.05) is 31.3 Å². The van der Waals surface area contributed by atoms with Gasteiger partial charge in [-0.15, -0.1) is 0 Å². The summed E-state index contributed by atoms with van der Waals surface area (Å²) in [5, 5.41) is 1.57. The quantitative estimate of drug-likeness (QED) is 0.498. The predicted octanol–water partition coefficient (Wildman–Crippen LogP) is 3.90. The van der Waals surface area contributed by atoms with Crippen molar-refractivity contribution in [2.24, 2.45) is 5.92 Å². The number of benzene rings is 3. The molecule has 5 rings (SSSR count). The molecule has 9 heteroatoms. The number of imide groups is 1. The molecule has 2 heterocycles. The van der Waals surface area contributed by atoms with Crippen LogP contribution in [-0.4, -0.2) is 39.2 Å². The van der Waals surface area contributed by atoms with Crippen molar-refractivity contribution >= 4 is 23.2 Å². The van der Waals surface area contributed by atoms with Crippen LogP contribution in [0.5, 0.6) is 17.2 Å². The van der Waals surface area contributed by atoms with Crippen molar-refractivity contribution in [3.63, 3.8) is 0 Å². The van der Waals surface area contributed by atoms with Gasteiger partial charge in [0.05, 0.1) is 32.7 Å². The Hall–Kier alpha value is -4.11. The molecular weight excluding hydrogens is 455 g/mol. The fourth-order valence-corrected chi connectivity index (χ4v) is 4.73. The zero-order chi connectivity index (χ0) is 24.7. The Labute approximate surface area is 201 Å². The minimum absolute atomic E-state index is 0.281. The molecule has 8 nitrogen and oxygen atoms in total. The number of amides is 2. The van der Waals surface area contributed by atoms with E-state index in [1.165, 1.54) is 45.6 Å². The van der Waals surface area contributed by atoms with Gasteiger partial charge in [0, 0.05) is 5.56 Å². The number of halogens is 1. The van der Waals surface area contributed by atoms with Crippen LogP contribution in [0.4, 0.5) is 15.8 Å². The molecular formula is C26H23FN2O6. The van der Waals surface area contributed by atoms with Gasteiger partial charge in [-0.05, 0) is 48.5 Å². The summed E-state index contributed by atoms with van der Waals surface area (Å²) in [7, 11) is 4.50. The minimum atomic E-state index is -1.07. The van der Waals surface area contributed by atoms with E-state index in [2.05, 4.69) is 0 Å². The largest absolute Gasteiger partial charge is 0.493 e. The van der Waals surface area contributed by atoms with Gasteiger partial charge in [-0.25, -0.2) is 14.4 Å². The third-order valence-electron chi connectivity index (χ3n) is 6.26. The summed E-state index contributed by atoms with van der Waals surface area (Å²) < 4.78 is 30.1. The summed E-state index contributed by atoms with van der Waals surface area (Å²) in [4.78, 5) is 34.3. The Bertz CT molecular complexity index is 1270. The predicted molar refractivity (Wildman–Crippen MR) is 125 cm³/mol. The van der Waals surface area contributed by atoms with E-state index in [0.29, 0.717) is 28.5 Å². The first-order chi connectivity index (χ1) is 17.0. The molecule has 3 aromatic rings. The van der Waals surface area contributed by atoms with Crippen LogP contribution in [0.1, 0.15) is 11.6 Å². The molecule has 180 valence electrons. The molecule has 0 N–H and O–H groups in total. The Balaban J connectivity index is 1.65. The number of hydrogen-bond acceptors (Lipinski definition) is 7.